The van der Waals surface area contributed by atoms with Crippen LogP contribution in [0.1, 0.15) is 27.9 Å². The number of aryl methyl sites for hydroxylation is 1. The minimum absolute atomic E-state index is 0.202. The lowest BCUT2D eigenvalue weighted by Crippen LogP contribution is -2.05. The molecular formula is C27H24ClFN6O. The van der Waals surface area contributed by atoms with Gasteiger partial charge in [-0.25, -0.2) is 19.3 Å². The summed E-state index contributed by atoms with van der Waals surface area (Å²) >= 11 is 6.21. The van der Waals surface area contributed by atoms with Crippen molar-refractivity contribution < 1.29 is 9.13 Å². The van der Waals surface area contributed by atoms with Crippen molar-refractivity contribution in [3.8, 4) is 5.88 Å². The molecule has 0 amide bonds. The molecular weight excluding hydrogens is 479 g/mol. The van der Waals surface area contributed by atoms with Crippen molar-refractivity contribution in [3.63, 3.8) is 0 Å². The summed E-state index contributed by atoms with van der Waals surface area (Å²) in [6.07, 6.45) is 4.05. The molecule has 0 atom stereocenters. The molecule has 36 heavy (non-hydrogen) atoms. The lowest BCUT2D eigenvalue weighted by molar-refractivity contribution is 0.396. The van der Waals surface area contributed by atoms with Gasteiger partial charge in [-0.1, -0.05) is 48.0 Å². The first-order valence-corrected chi connectivity index (χ1v) is 11.8. The molecule has 9 heteroatoms. The number of nitrogens with one attached hydrogen (secondary N) is 1. The number of pyridine rings is 1. The van der Waals surface area contributed by atoms with Gasteiger partial charge in [-0.15, -0.1) is 0 Å². The van der Waals surface area contributed by atoms with E-state index < -0.39 is 0 Å². The number of hydrogen-bond donors (Lipinski definition) is 1. The molecule has 0 saturated heterocycles. The number of aromatic nitrogens is 5. The van der Waals surface area contributed by atoms with E-state index in [0.717, 1.165) is 28.6 Å². The van der Waals surface area contributed by atoms with Gasteiger partial charge in [0.05, 0.1) is 19.0 Å². The summed E-state index contributed by atoms with van der Waals surface area (Å²) in [4.78, 5) is 13.1. The summed E-state index contributed by atoms with van der Waals surface area (Å²) in [5, 5.41) is 8.89. The first kappa shape index (κ1) is 23.7. The molecule has 0 fully saturated rings. The minimum atomic E-state index is -0.318. The fourth-order valence-electron chi connectivity index (χ4n) is 3.98. The third kappa shape index (κ3) is 5.13. The van der Waals surface area contributed by atoms with E-state index in [1.165, 1.54) is 6.33 Å². The van der Waals surface area contributed by atoms with Crippen molar-refractivity contribution in [2.45, 2.75) is 26.4 Å². The second-order valence-electron chi connectivity index (χ2n) is 8.46. The summed E-state index contributed by atoms with van der Waals surface area (Å²) < 4.78 is 21.6. The van der Waals surface area contributed by atoms with Crippen LogP contribution in [-0.4, -0.2) is 31.8 Å². The van der Waals surface area contributed by atoms with Gasteiger partial charge in [0.25, 0.3) is 0 Å². The maximum absolute atomic E-state index is 14.5. The molecule has 5 rings (SSSR count). The van der Waals surface area contributed by atoms with Gasteiger partial charge < -0.3 is 10.1 Å². The molecule has 0 bridgehead atoms. The van der Waals surface area contributed by atoms with Crippen LogP contribution in [0.4, 0.5) is 10.2 Å². The maximum Gasteiger partial charge on any atom is 0.213 e. The lowest BCUT2D eigenvalue weighted by Gasteiger charge is -2.10. The number of benzene rings is 2. The van der Waals surface area contributed by atoms with Crippen LogP contribution < -0.4 is 10.1 Å². The minimum Gasteiger partial charge on any atom is -0.481 e. The van der Waals surface area contributed by atoms with E-state index >= 15 is 0 Å². The van der Waals surface area contributed by atoms with Crippen LogP contribution in [0.5, 0.6) is 5.88 Å². The van der Waals surface area contributed by atoms with Gasteiger partial charge in [-0.3, -0.25) is 4.68 Å². The SMILES string of the molecule is COc1cccc(Cc2ccc(Cn3cc4c(NCc5c(Cl)ccc(C)c5F)ncnc4n3)cc2)n1. The van der Waals surface area contributed by atoms with E-state index in [0.29, 0.717) is 40.0 Å². The second kappa shape index (κ2) is 10.3. The monoisotopic (exact) mass is 502 g/mol. The number of halogens is 2. The molecule has 3 aromatic heterocycles. The van der Waals surface area contributed by atoms with Crippen LogP contribution in [0.25, 0.3) is 11.0 Å². The summed E-state index contributed by atoms with van der Waals surface area (Å²) in [6.45, 7) is 2.49. The summed E-state index contributed by atoms with van der Waals surface area (Å²) in [5.41, 5.74) is 4.71. The number of fused-ring (bicyclic) bond motifs is 1. The highest BCUT2D eigenvalue weighted by molar-refractivity contribution is 6.31. The predicted molar refractivity (Wildman–Crippen MR) is 138 cm³/mol. The maximum atomic E-state index is 14.5. The Morgan fingerprint density at radius 2 is 1.83 bits per heavy atom. The third-order valence-corrected chi connectivity index (χ3v) is 6.27. The van der Waals surface area contributed by atoms with Gasteiger partial charge in [-0.05, 0) is 35.7 Å². The third-order valence-electron chi connectivity index (χ3n) is 5.92. The first-order chi connectivity index (χ1) is 17.5. The summed E-state index contributed by atoms with van der Waals surface area (Å²) in [7, 11) is 1.61. The molecule has 0 aliphatic carbocycles. The van der Waals surface area contributed by atoms with Gasteiger partial charge in [0, 0.05) is 41.5 Å². The van der Waals surface area contributed by atoms with Gasteiger partial charge in [-0.2, -0.15) is 5.10 Å². The zero-order valence-electron chi connectivity index (χ0n) is 19.9. The molecule has 0 radical (unpaired) electrons. The first-order valence-electron chi connectivity index (χ1n) is 11.4. The Morgan fingerprint density at radius 3 is 2.64 bits per heavy atom. The smallest absolute Gasteiger partial charge is 0.213 e. The van der Waals surface area contributed by atoms with Gasteiger partial charge >= 0.3 is 0 Å². The number of methoxy groups -OCH3 is 1. The Bertz CT molecular complexity index is 1520. The van der Waals surface area contributed by atoms with Crippen LogP contribution in [0.15, 0.2) is 67.1 Å². The Balaban J connectivity index is 1.29. The van der Waals surface area contributed by atoms with Gasteiger partial charge in [0.2, 0.25) is 5.88 Å². The van der Waals surface area contributed by atoms with Crippen LogP contribution >= 0.6 is 11.6 Å². The second-order valence-corrected chi connectivity index (χ2v) is 8.87. The highest BCUT2D eigenvalue weighted by Crippen LogP contribution is 2.25. The van der Waals surface area contributed by atoms with E-state index in [-0.39, 0.29) is 12.4 Å². The molecule has 5 aromatic rings. The van der Waals surface area contributed by atoms with Crippen molar-refractivity contribution in [1.82, 2.24) is 24.7 Å². The van der Waals surface area contributed by atoms with E-state index in [2.05, 4.69) is 49.6 Å². The van der Waals surface area contributed by atoms with Crippen LogP contribution in [-0.2, 0) is 19.5 Å². The Morgan fingerprint density at radius 1 is 1.03 bits per heavy atom. The Kier molecular flexibility index (Phi) is 6.77. The van der Waals surface area contributed by atoms with Gasteiger partial charge in [0.1, 0.15) is 18.0 Å². The molecule has 0 spiro atoms. The fourth-order valence-corrected chi connectivity index (χ4v) is 4.20. The predicted octanol–water partition coefficient (Wildman–Crippen LogP) is 5.58. The average molecular weight is 503 g/mol. The standard InChI is InChI=1S/C27H24ClFN6O/c1-17-6-11-23(28)21(25(17)29)13-30-26-22-15-35(34-27(22)32-16-31-26)14-19-9-7-18(8-10-19)12-20-4-3-5-24(33-20)36-2/h3-11,15-16H,12-14H2,1-2H3,(H,30,31,32,34). The van der Waals surface area contributed by atoms with E-state index in [1.54, 1.807) is 26.2 Å². The molecule has 0 unspecified atom stereocenters. The van der Waals surface area contributed by atoms with E-state index in [9.17, 15) is 4.39 Å². The number of ether oxygens (including phenoxy) is 1. The largest absolute Gasteiger partial charge is 0.481 e. The average Bonchev–Trinajstić information content (AvgIpc) is 3.31. The summed E-state index contributed by atoms with van der Waals surface area (Å²) in [6, 6.07) is 17.5. The lowest BCUT2D eigenvalue weighted by atomic mass is 10.1. The summed E-state index contributed by atoms with van der Waals surface area (Å²) in [5.74, 6) is 0.866. The van der Waals surface area contributed by atoms with Crippen LogP contribution in [0, 0.1) is 12.7 Å². The zero-order chi connectivity index (χ0) is 25.1. The molecule has 0 saturated carbocycles. The highest BCUT2D eigenvalue weighted by atomic mass is 35.5. The highest BCUT2D eigenvalue weighted by Gasteiger charge is 2.13. The fraction of sp³-hybridized carbons (Fsp3) is 0.185. The number of nitrogens with zero attached hydrogens (tertiary/aromatic N) is 5. The molecule has 3 heterocycles. The van der Waals surface area contributed by atoms with Crippen molar-refractivity contribution >= 4 is 28.5 Å². The van der Waals surface area contributed by atoms with Crippen molar-refractivity contribution in [3.05, 3.63) is 106 Å². The molecule has 0 aliphatic heterocycles. The van der Waals surface area contributed by atoms with Crippen molar-refractivity contribution in [2.75, 3.05) is 12.4 Å². The van der Waals surface area contributed by atoms with Crippen molar-refractivity contribution in [1.29, 1.82) is 0 Å². The normalized spacial score (nSPS) is 11.1. The molecule has 1 N–H and O–H groups in total. The molecule has 7 nitrogen and oxygen atoms in total. The van der Waals surface area contributed by atoms with E-state index in [1.807, 2.05) is 29.1 Å². The number of anilines is 1. The van der Waals surface area contributed by atoms with Crippen LogP contribution in [0.2, 0.25) is 5.02 Å². The van der Waals surface area contributed by atoms with Gasteiger partial charge in [0.15, 0.2) is 5.65 Å². The molecule has 0 aliphatic rings. The topological polar surface area (TPSA) is 77.8 Å². The van der Waals surface area contributed by atoms with Crippen LogP contribution in [0.3, 0.4) is 0 Å². The zero-order valence-corrected chi connectivity index (χ0v) is 20.6. The molecule has 2 aromatic carbocycles. The quantitative estimate of drug-likeness (QED) is 0.298. The molecule has 182 valence electrons. The number of rotatable bonds is 8. The van der Waals surface area contributed by atoms with Crippen molar-refractivity contribution in [2.24, 2.45) is 0 Å². The number of hydrogen-bond acceptors (Lipinski definition) is 6. The Hall–Kier alpha value is -4.04. The van der Waals surface area contributed by atoms with E-state index in [4.69, 9.17) is 16.3 Å². The Labute approximate surface area is 213 Å².